The van der Waals surface area contributed by atoms with Crippen LogP contribution >= 0.6 is 11.8 Å². The van der Waals surface area contributed by atoms with E-state index in [0.717, 1.165) is 6.26 Å². The maximum atomic E-state index is 10.8. The SMILES string of the molecule is C1CCSC1.Cc1cc(OS(C)(=O)=O)cc(C)c1O. The van der Waals surface area contributed by atoms with Crippen LogP contribution in [0.3, 0.4) is 0 Å². The van der Waals surface area contributed by atoms with E-state index < -0.39 is 10.1 Å². The van der Waals surface area contributed by atoms with Crippen molar-refractivity contribution in [3.8, 4) is 11.5 Å². The van der Waals surface area contributed by atoms with Crippen molar-refractivity contribution in [1.29, 1.82) is 0 Å². The first-order valence-electron chi connectivity index (χ1n) is 6.07. The van der Waals surface area contributed by atoms with Gasteiger partial charge in [-0.05, 0) is 61.5 Å². The highest BCUT2D eigenvalue weighted by Crippen LogP contribution is 2.27. The summed E-state index contributed by atoms with van der Waals surface area (Å²) in [5.41, 5.74) is 1.17. The van der Waals surface area contributed by atoms with Crippen LogP contribution in [0.1, 0.15) is 24.0 Å². The van der Waals surface area contributed by atoms with Crippen LogP contribution in [0, 0.1) is 13.8 Å². The molecule has 0 radical (unpaired) electrons. The van der Waals surface area contributed by atoms with E-state index in [4.69, 9.17) is 0 Å². The van der Waals surface area contributed by atoms with E-state index in [2.05, 4.69) is 15.9 Å². The minimum atomic E-state index is -3.51. The standard InChI is InChI=1S/C9H12O4S.C4H8S/c1-6-4-8(13-14(3,11)12)5-7(2)9(6)10;1-2-4-5-3-1/h4-5,10H,1-3H3;1-4H2. The van der Waals surface area contributed by atoms with Gasteiger partial charge in [-0.25, -0.2) is 0 Å². The van der Waals surface area contributed by atoms with Crippen LogP contribution in [0.4, 0.5) is 0 Å². The average molecular weight is 304 g/mol. The van der Waals surface area contributed by atoms with Crippen LogP contribution in [0.25, 0.3) is 0 Å². The van der Waals surface area contributed by atoms with Crippen LogP contribution in [0.5, 0.6) is 11.5 Å². The third-order valence-electron chi connectivity index (χ3n) is 2.54. The summed E-state index contributed by atoms with van der Waals surface area (Å²) in [6.07, 6.45) is 3.90. The maximum Gasteiger partial charge on any atom is 0.306 e. The highest BCUT2D eigenvalue weighted by atomic mass is 32.2. The van der Waals surface area contributed by atoms with Crippen molar-refractivity contribution in [2.75, 3.05) is 17.8 Å². The van der Waals surface area contributed by atoms with Gasteiger partial charge in [0.2, 0.25) is 0 Å². The lowest BCUT2D eigenvalue weighted by atomic mass is 10.1. The molecule has 6 heteroatoms. The number of hydrogen-bond donors (Lipinski definition) is 1. The fraction of sp³-hybridized carbons (Fsp3) is 0.538. The summed E-state index contributed by atoms with van der Waals surface area (Å²) in [4.78, 5) is 0. The molecule has 2 rings (SSSR count). The highest BCUT2D eigenvalue weighted by Gasteiger charge is 2.08. The van der Waals surface area contributed by atoms with Gasteiger partial charge in [-0.3, -0.25) is 0 Å². The van der Waals surface area contributed by atoms with Crippen molar-refractivity contribution in [3.05, 3.63) is 23.3 Å². The molecular formula is C13H20O4S2. The van der Waals surface area contributed by atoms with Gasteiger partial charge in [0.25, 0.3) is 0 Å². The van der Waals surface area contributed by atoms with Crippen LogP contribution in [0.15, 0.2) is 12.1 Å². The Balaban J connectivity index is 0.000000300. The van der Waals surface area contributed by atoms with E-state index in [9.17, 15) is 13.5 Å². The first-order valence-corrected chi connectivity index (χ1v) is 9.04. The molecule has 1 aromatic carbocycles. The van der Waals surface area contributed by atoms with Crippen molar-refractivity contribution in [2.45, 2.75) is 26.7 Å². The second kappa shape index (κ2) is 7.05. The summed E-state index contributed by atoms with van der Waals surface area (Å²) in [7, 11) is -3.51. The third kappa shape index (κ3) is 6.20. The Hall–Kier alpha value is -0.880. The van der Waals surface area contributed by atoms with Crippen molar-refractivity contribution in [1.82, 2.24) is 0 Å². The molecule has 108 valence electrons. The van der Waals surface area contributed by atoms with Gasteiger partial charge < -0.3 is 9.29 Å². The Bertz CT molecular complexity index is 489. The number of aromatic hydroxyl groups is 1. The summed E-state index contributed by atoms with van der Waals surface area (Å²) < 4.78 is 26.3. The van der Waals surface area contributed by atoms with Gasteiger partial charge in [0.1, 0.15) is 11.5 Å². The zero-order valence-electron chi connectivity index (χ0n) is 11.5. The van der Waals surface area contributed by atoms with Gasteiger partial charge in [0, 0.05) is 0 Å². The van der Waals surface area contributed by atoms with Crippen molar-refractivity contribution < 1.29 is 17.7 Å². The Morgan fingerprint density at radius 3 is 1.95 bits per heavy atom. The number of phenols is 1. The molecule has 1 aromatic rings. The van der Waals surface area contributed by atoms with E-state index in [1.165, 1.54) is 36.5 Å². The molecule has 0 unspecified atom stereocenters. The first-order chi connectivity index (χ1) is 8.79. The second-order valence-corrected chi connectivity index (χ2v) is 7.31. The van der Waals surface area contributed by atoms with E-state index in [-0.39, 0.29) is 11.5 Å². The minimum Gasteiger partial charge on any atom is -0.507 e. The van der Waals surface area contributed by atoms with E-state index >= 15 is 0 Å². The van der Waals surface area contributed by atoms with Gasteiger partial charge in [-0.15, -0.1) is 0 Å². The van der Waals surface area contributed by atoms with E-state index in [1.807, 2.05) is 0 Å². The largest absolute Gasteiger partial charge is 0.507 e. The number of phenolic OH excluding ortho intramolecular Hbond substituents is 1. The predicted molar refractivity (Wildman–Crippen MR) is 79.6 cm³/mol. The fourth-order valence-corrected chi connectivity index (χ4v) is 3.12. The molecule has 1 aliphatic rings. The summed E-state index contributed by atoms with van der Waals surface area (Å²) >= 11 is 2.07. The monoisotopic (exact) mass is 304 g/mol. The van der Waals surface area contributed by atoms with E-state index in [1.54, 1.807) is 13.8 Å². The van der Waals surface area contributed by atoms with Crippen LogP contribution in [-0.4, -0.2) is 31.3 Å². The highest BCUT2D eigenvalue weighted by molar-refractivity contribution is 7.99. The normalized spacial score (nSPS) is 14.7. The predicted octanol–water partition coefficient (Wildman–Crippen LogP) is 2.86. The van der Waals surface area contributed by atoms with Crippen LogP contribution < -0.4 is 4.18 Å². The van der Waals surface area contributed by atoms with Crippen LogP contribution in [0.2, 0.25) is 0 Å². The quantitative estimate of drug-likeness (QED) is 0.851. The van der Waals surface area contributed by atoms with Gasteiger partial charge in [0.05, 0.1) is 6.26 Å². The topological polar surface area (TPSA) is 63.6 Å². The molecular weight excluding hydrogens is 284 g/mol. The third-order valence-corrected chi connectivity index (χ3v) is 4.19. The molecule has 1 saturated heterocycles. The van der Waals surface area contributed by atoms with E-state index in [0.29, 0.717) is 11.1 Å². The maximum absolute atomic E-state index is 10.8. The zero-order valence-corrected chi connectivity index (χ0v) is 13.1. The van der Waals surface area contributed by atoms with Crippen LogP contribution in [-0.2, 0) is 10.1 Å². The number of hydrogen-bond acceptors (Lipinski definition) is 5. The van der Waals surface area contributed by atoms with Crippen molar-refractivity contribution in [3.63, 3.8) is 0 Å². The average Bonchev–Trinajstić information content (AvgIpc) is 2.81. The molecule has 1 aliphatic heterocycles. The number of aryl methyl sites for hydroxylation is 2. The van der Waals surface area contributed by atoms with Gasteiger partial charge in [-0.2, -0.15) is 20.2 Å². The molecule has 0 aromatic heterocycles. The number of rotatable bonds is 2. The smallest absolute Gasteiger partial charge is 0.306 e. The molecule has 0 aliphatic carbocycles. The van der Waals surface area contributed by atoms with Gasteiger partial charge in [-0.1, -0.05) is 0 Å². The molecule has 1 fully saturated rings. The first kappa shape index (κ1) is 16.2. The molecule has 0 bridgehead atoms. The summed E-state index contributed by atoms with van der Waals surface area (Å²) in [6.45, 7) is 3.36. The Morgan fingerprint density at radius 1 is 1.16 bits per heavy atom. The molecule has 0 spiro atoms. The second-order valence-electron chi connectivity index (χ2n) is 4.51. The lowest BCUT2D eigenvalue weighted by Gasteiger charge is -2.07. The zero-order chi connectivity index (χ0) is 14.5. The Labute approximate surface area is 119 Å². The number of thioether (sulfide) groups is 1. The molecule has 0 saturated carbocycles. The molecule has 0 atom stereocenters. The Morgan fingerprint density at radius 2 is 1.63 bits per heavy atom. The molecule has 1 N–H and O–H groups in total. The molecule has 0 amide bonds. The molecule has 4 nitrogen and oxygen atoms in total. The minimum absolute atomic E-state index is 0.158. The lowest BCUT2D eigenvalue weighted by molar-refractivity contribution is 0.462. The van der Waals surface area contributed by atoms with Gasteiger partial charge in [0.15, 0.2) is 0 Å². The lowest BCUT2D eigenvalue weighted by Crippen LogP contribution is -2.06. The Kier molecular flexibility index (Phi) is 6.00. The van der Waals surface area contributed by atoms with Crippen molar-refractivity contribution >= 4 is 21.9 Å². The molecule has 1 heterocycles. The van der Waals surface area contributed by atoms with Crippen molar-refractivity contribution in [2.24, 2.45) is 0 Å². The summed E-state index contributed by atoms with van der Waals surface area (Å²) in [5.74, 6) is 3.21. The summed E-state index contributed by atoms with van der Waals surface area (Å²) in [6, 6.07) is 2.95. The fourth-order valence-electron chi connectivity index (χ4n) is 1.65. The number of benzene rings is 1. The van der Waals surface area contributed by atoms with Gasteiger partial charge >= 0.3 is 10.1 Å². The molecule has 19 heavy (non-hydrogen) atoms. The summed E-state index contributed by atoms with van der Waals surface area (Å²) in [5, 5.41) is 9.42.